The van der Waals surface area contributed by atoms with Crippen molar-refractivity contribution >= 4 is 17.6 Å². The minimum atomic E-state index is -0.436. The Labute approximate surface area is 106 Å². The van der Waals surface area contributed by atoms with Crippen LogP contribution in [0.15, 0.2) is 18.2 Å². The van der Waals surface area contributed by atoms with Crippen LogP contribution in [0.5, 0.6) is 5.75 Å². The number of rotatable bonds is 5. The summed E-state index contributed by atoms with van der Waals surface area (Å²) in [5.41, 5.74) is 1.06. The van der Waals surface area contributed by atoms with Gasteiger partial charge >= 0.3 is 5.97 Å². The van der Waals surface area contributed by atoms with Crippen molar-refractivity contribution in [2.24, 2.45) is 0 Å². The van der Waals surface area contributed by atoms with Gasteiger partial charge in [-0.05, 0) is 31.7 Å². The molecule has 0 aliphatic rings. The van der Waals surface area contributed by atoms with E-state index in [0.29, 0.717) is 10.8 Å². The van der Waals surface area contributed by atoms with Crippen molar-refractivity contribution < 1.29 is 14.3 Å². The van der Waals surface area contributed by atoms with Crippen LogP contribution in [0.1, 0.15) is 18.5 Å². The third-order valence-electron chi connectivity index (χ3n) is 2.46. The van der Waals surface area contributed by atoms with Crippen LogP contribution in [0, 0.1) is 0 Å². The second kappa shape index (κ2) is 6.47. The molecule has 1 unspecified atom stereocenters. The van der Waals surface area contributed by atoms with Crippen LogP contribution in [0.3, 0.4) is 0 Å². The number of ether oxygens (including phenoxy) is 2. The Bertz CT molecular complexity index is 395. The molecule has 0 fully saturated rings. The van der Waals surface area contributed by atoms with Gasteiger partial charge in [-0.15, -0.1) is 0 Å². The summed E-state index contributed by atoms with van der Waals surface area (Å²) in [6, 6.07) is 5.67. The molecule has 1 N–H and O–H groups in total. The Morgan fingerprint density at radius 2 is 2.24 bits per heavy atom. The fraction of sp³-hybridized carbons (Fsp3) is 0.417. The first kappa shape index (κ1) is 13.8. The molecule has 0 spiro atoms. The Kier molecular flexibility index (Phi) is 5.25. The molecule has 0 saturated heterocycles. The van der Waals surface area contributed by atoms with Crippen LogP contribution in [0.4, 0.5) is 0 Å². The number of halogens is 1. The predicted molar refractivity (Wildman–Crippen MR) is 66.4 cm³/mol. The topological polar surface area (TPSA) is 47.6 Å². The van der Waals surface area contributed by atoms with E-state index in [0.717, 1.165) is 5.56 Å². The molecule has 94 valence electrons. The molecule has 0 radical (unpaired) electrons. The van der Waals surface area contributed by atoms with Gasteiger partial charge in [-0.25, -0.2) is 4.79 Å². The summed E-state index contributed by atoms with van der Waals surface area (Å²) in [5, 5.41) is 3.59. The van der Waals surface area contributed by atoms with Gasteiger partial charge in [-0.2, -0.15) is 0 Å². The summed E-state index contributed by atoms with van der Waals surface area (Å²) in [5.74, 6) is 0.0397. The minimum Gasteiger partial charge on any atom is -0.480 e. The lowest BCUT2D eigenvalue weighted by Gasteiger charge is -2.13. The molecule has 1 aromatic rings. The van der Waals surface area contributed by atoms with Crippen LogP contribution >= 0.6 is 11.6 Å². The summed E-state index contributed by atoms with van der Waals surface area (Å²) in [4.78, 5) is 10.9. The number of benzene rings is 1. The maximum absolute atomic E-state index is 10.9. The molecule has 0 aromatic heterocycles. The fourth-order valence-electron chi connectivity index (χ4n) is 1.27. The van der Waals surface area contributed by atoms with Crippen LogP contribution < -0.4 is 10.1 Å². The molecule has 0 aliphatic heterocycles. The van der Waals surface area contributed by atoms with Crippen LogP contribution in [-0.2, 0) is 9.53 Å². The molecule has 0 bridgehead atoms. The van der Waals surface area contributed by atoms with Gasteiger partial charge < -0.3 is 14.8 Å². The van der Waals surface area contributed by atoms with Crippen molar-refractivity contribution in [3.05, 3.63) is 28.8 Å². The quantitative estimate of drug-likeness (QED) is 0.822. The summed E-state index contributed by atoms with van der Waals surface area (Å²) in [6.45, 7) is 1.89. The summed E-state index contributed by atoms with van der Waals surface area (Å²) in [7, 11) is 3.19. The summed E-state index contributed by atoms with van der Waals surface area (Å²) in [6.07, 6.45) is 0. The van der Waals surface area contributed by atoms with Crippen molar-refractivity contribution in [2.75, 3.05) is 20.8 Å². The maximum Gasteiger partial charge on any atom is 0.343 e. The van der Waals surface area contributed by atoms with Gasteiger partial charge in [0.2, 0.25) is 0 Å². The van der Waals surface area contributed by atoms with Crippen molar-refractivity contribution in [1.29, 1.82) is 0 Å². The molecule has 0 saturated carbocycles. The predicted octanol–water partition coefficient (Wildman–Crippen LogP) is 2.17. The van der Waals surface area contributed by atoms with E-state index >= 15 is 0 Å². The molecular weight excluding hydrogens is 242 g/mol. The van der Waals surface area contributed by atoms with Crippen molar-refractivity contribution in [3.63, 3.8) is 0 Å². The molecule has 0 heterocycles. The van der Waals surface area contributed by atoms with E-state index in [9.17, 15) is 4.79 Å². The van der Waals surface area contributed by atoms with E-state index in [1.807, 2.05) is 26.1 Å². The molecule has 0 amide bonds. The number of hydrogen-bond donors (Lipinski definition) is 1. The molecule has 1 aromatic carbocycles. The number of esters is 1. The maximum atomic E-state index is 10.9. The largest absolute Gasteiger partial charge is 0.480 e. The average Bonchev–Trinajstić information content (AvgIpc) is 2.35. The Morgan fingerprint density at radius 1 is 1.53 bits per heavy atom. The Morgan fingerprint density at radius 3 is 2.76 bits per heavy atom. The average molecular weight is 258 g/mol. The van der Waals surface area contributed by atoms with Crippen molar-refractivity contribution in [1.82, 2.24) is 5.32 Å². The SMILES string of the molecule is CNC(C)c1ccc(OCC(=O)OC)c(Cl)c1. The lowest BCUT2D eigenvalue weighted by atomic mass is 10.1. The second-order valence-electron chi connectivity index (χ2n) is 3.57. The highest BCUT2D eigenvalue weighted by atomic mass is 35.5. The van der Waals surface area contributed by atoms with Gasteiger partial charge in [0.15, 0.2) is 6.61 Å². The minimum absolute atomic E-state index is 0.142. The Hall–Kier alpha value is -1.26. The lowest BCUT2D eigenvalue weighted by molar-refractivity contribution is -0.142. The second-order valence-corrected chi connectivity index (χ2v) is 3.97. The first-order valence-electron chi connectivity index (χ1n) is 5.24. The third kappa shape index (κ3) is 3.91. The zero-order valence-corrected chi connectivity index (χ0v) is 10.9. The number of methoxy groups -OCH3 is 1. The smallest absolute Gasteiger partial charge is 0.343 e. The van der Waals surface area contributed by atoms with Crippen molar-refractivity contribution in [2.45, 2.75) is 13.0 Å². The van der Waals surface area contributed by atoms with E-state index < -0.39 is 5.97 Å². The zero-order valence-electron chi connectivity index (χ0n) is 10.1. The van der Waals surface area contributed by atoms with Crippen LogP contribution in [0.2, 0.25) is 5.02 Å². The van der Waals surface area contributed by atoms with E-state index in [1.54, 1.807) is 6.07 Å². The van der Waals surface area contributed by atoms with E-state index in [1.165, 1.54) is 7.11 Å². The summed E-state index contributed by atoms with van der Waals surface area (Å²) >= 11 is 6.05. The number of carbonyl (C=O) groups excluding carboxylic acids is 1. The monoisotopic (exact) mass is 257 g/mol. The molecule has 1 rings (SSSR count). The molecule has 5 heteroatoms. The molecule has 4 nitrogen and oxygen atoms in total. The zero-order chi connectivity index (χ0) is 12.8. The van der Waals surface area contributed by atoms with Crippen LogP contribution in [-0.4, -0.2) is 26.7 Å². The van der Waals surface area contributed by atoms with Gasteiger partial charge in [0.05, 0.1) is 12.1 Å². The molecule has 0 aliphatic carbocycles. The molecule has 17 heavy (non-hydrogen) atoms. The molecule has 1 atom stereocenters. The molecular formula is C12H16ClNO3. The van der Waals surface area contributed by atoms with Gasteiger partial charge in [0.25, 0.3) is 0 Å². The van der Waals surface area contributed by atoms with Gasteiger partial charge in [-0.3, -0.25) is 0 Å². The normalized spacial score (nSPS) is 12.0. The van der Waals surface area contributed by atoms with Gasteiger partial charge in [0.1, 0.15) is 5.75 Å². The van der Waals surface area contributed by atoms with E-state index in [2.05, 4.69) is 10.1 Å². The van der Waals surface area contributed by atoms with Crippen molar-refractivity contribution in [3.8, 4) is 5.75 Å². The fourth-order valence-corrected chi connectivity index (χ4v) is 1.51. The highest BCUT2D eigenvalue weighted by molar-refractivity contribution is 6.32. The van der Waals surface area contributed by atoms with Crippen LogP contribution in [0.25, 0.3) is 0 Å². The van der Waals surface area contributed by atoms with E-state index in [-0.39, 0.29) is 12.6 Å². The first-order valence-corrected chi connectivity index (χ1v) is 5.62. The van der Waals surface area contributed by atoms with E-state index in [4.69, 9.17) is 16.3 Å². The standard InChI is InChI=1S/C12H16ClNO3/c1-8(14-2)9-4-5-11(10(13)6-9)17-7-12(15)16-3/h4-6,8,14H,7H2,1-3H3. The van der Waals surface area contributed by atoms with Gasteiger partial charge in [0, 0.05) is 6.04 Å². The lowest BCUT2D eigenvalue weighted by Crippen LogP contribution is -2.14. The summed E-state index contributed by atoms with van der Waals surface area (Å²) < 4.78 is 9.71. The third-order valence-corrected chi connectivity index (χ3v) is 2.76. The Balaban J connectivity index is 2.72. The first-order chi connectivity index (χ1) is 8.08. The van der Waals surface area contributed by atoms with Gasteiger partial charge in [-0.1, -0.05) is 17.7 Å². The number of hydrogen-bond acceptors (Lipinski definition) is 4. The number of nitrogens with one attached hydrogen (secondary N) is 1. The highest BCUT2D eigenvalue weighted by Crippen LogP contribution is 2.27. The highest BCUT2D eigenvalue weighted by Gasteiger charge is 2.09. The number of carbonyl (C=O) groups is 1.